The van der Waals surface area contributed by atoms with Crippen molar-refractivity contribution in [3.05, 3.63) is 28.1 Å². The fourth-order valence-electron chi connectivity index (χ4n) is 1.21. The van der Waals surface area contributed by atoms with Crippen LogP contribution < -0.4 is 5.73 Å². The average molecular weight is 209 g/mol. The molecule has 0 aliphatic rings. The maximum Gasteiger partial charge on any atom is 0.101 e. The molecule has 1 aromatic heterocycles. The first kappa shape index (κ1) is 8.36. The van der Waals surface area contributed by atoms with E-state index < -0.39 is 0 Å². The SMILES string of the molecule is N#Cc1cc(Cl)c(N)c2ccsc12. The summed E-state index contributed by atoms with van der Waals surface area (Å²) in [6.07, 6.45) is 0. The van der Waals surface area contributed by atoms with Crippen LogP contribution in [0.15, 0.2) is 17.5 Å². The molecule has 0 fully saturated rings. The van der Waals surface area contributed by atoms with Crippen molar-refractivity contribution in [2.24, 2.45) is 0 Å². The van der Waals surface area contributed by atoms with Gasteiger partial charge in [0.2, 0.25) is 0 Å². The predicted molar refractivity (Wildman–Crippen MR) is 56.0 cm³/mol. The minimum absolute atomic E-state index is 0.447. The highest BCUT2D eigenvalue weighted by Crippen LogP contribution is 2.34. The lowest BCUT2D eigenvalue weighted by Gasteiger charge is -2.00. The highest BCUT2D eigenvalue weighted by atomic mass is 35.5. The number of thiophene rings is 1. The predicted octanol–water partition coefficient (Wildman–Crippen LogP) is 3.01. The monoisotopic (exact) mass is 208 g/mol. The van der Waals surface area contributed by atoms with Crippen LogP contribution in [0.2, 0.25) is 5.02 Å². The van der Waals surface area contributed by atoms with Crippen molar-refractivity contribution < 1.29 is 0 Å². The number of nitriles is 1. The fourth-order valence-corrected chi connectivity index (χ4v) is 2.30. The lowest BCUT2D eigenvalue weighted by atomic mass is 10.1. The van der Waals surface area contributed by atoms with Gasteiger partial charge in [-0.15, -0.1) is 11.3 Å². The number of nitrogens with zero attached hydrogens (tertiary/aromatic N) is 1. The van der Waals surface area contributed by atoms with E-state index in [2.05, 4.69) is 6.07 Å². The standard InChI is InChI=1S/C9H5ClN2S/c10-7-3-5(4-11)9-6(8(7)12)1-2-13-9/h1-3H,12H2. The second kappa shape index (κ2) is 2.91. The maximum absolute atomic E-state index is 8.83. The summed E-state index contributed by atoms with van der Waals surface area (Å²) < 4.78 is 0.907. The Labute approximate surface area is 84.2 Å². The van der Waals surface area contributed by atoms with E-state index >= 15 is 0 Å². The molecular formula is C9H5ClN2S. The largest absolute Gasteiger partial charge is 0.397 e. The second-order valence-electron chi connectivity index (χ2n) is 2.59. The topological polar surface area (TPSA) is 49.8 Å². The Hall–Kier alpha value is -1.24. The van der Waals surface area contributed by atoms with Gasteiger partial charge >= 0.3 is 0 Å². The lowest BCUT2D eigenvalue weighted by Crippen LogP contribution is -1.88. The van der Waals surface area contributed by atoms with Crippen LogP contribution in [-0.2, 0) is 0 Å². The Morgan fingerprint density at radius 2 is 2.31 bits per heavy atom. The zero-order valence-corrected chi connectivity index (χ0v) is 8.12. The highest BCUT2D eigenvalue weighted by molar-refractivity contribution is 7.17. The number of nitrogens with two attached hydrogens (primary N) is 1. The number of benzene rings is 1. The van der Waals surface area contributed by atoms with Crippen LogP contribution in [0.3, 0.4) is 0 Å². The number of rotatable bonds is 0. The summed E-state index contributed by atoms with van der Waals surface area (Å²) in [7, 11) is 0. The molecule has 2 rings (SSSR count). The minimum Gasteiger partial charge on any atom is -0.397 e. The van der Waals surface area contributed by atoms with Crippen LogP contribution in [-0.4, -0.2) is 0 Å². The first-order chi connectivity index (χ1) is 6.24. The van der Waals surface area contributed by atoms with Crippen LogP contribution in [0.25, 0.3) is 10.1 Å². The van der Waals surface area contributed by atoms with Gasteiger partial charge in [-0.3, -0.25) is 0 Å². The third kappa shape index (κ3) is 1.15. The van der Waals surface area contributed by atoms with E-state index in [0.717, 1.165) is 10.1 Å². The van der Waals surface area contributed by atoms with Crippen molar-refractivity contribution in [1.29, 1.82) is 5.26 Å². The normalized spacial score (nSPS) is 10.2. The molecule has 2 aromatic rings. The fraction of sp³-hybridized carbons (Fsp3) is 0. The van der Waals surface area contributed by atoms with Crippen molar-refractivity contribution in [3.63, 3.8) is 0 Å². The van der Waals surface area contributed by atoms with Crippen molar-refractivity contribution in [1.82, 2.24) is 0 Å². The molecule has 0 saturated heterocycles. The van der Waals surface area contributed by atoms with Gasteiger partial charge in [-0.25, -0.2) is 0 Å². The molecule has 1 heterocycles. The third-order valence-corrected chi connectivity index (χ3v) is 3.11. The number of anilines is 1. The minimum atomic E-state index is 0.447. The quantitative estimate of drug-likeness (QED) is 0.677. The van der Waals surface area contributed by atoms with Gasteiger partial charge in [0.05, 0.1) is 21.0 Å². The van der Waals surface area contributed by atoms with Gasteiger partial charge < -0.3 is 5.73 Å². The molecule has 64 valence electrons. The van der Waals surface area contributed by atoms with Crippen LogP contribution in [0.1, 0.15) is 5.56 Å². The summed E-state index contributed by atoms with van der Waals surface area (Å²) in [5, 5.41) is 12.0. The molecule has 0 spiro atoms. The summed E-state index contributed by atoms with van der Waals surface area (Å²) in [5.41, 5.74) is 6.89. The first-order valence-corrected chi connectivity index (χ1v) is 4.85. The molecule has 0 aliphatic heterocycles. The number of hydrogen-bond acceptors (Lipinski definition) is 3. The smallest absolute Gasteiger partial charge is 0.101 e. The number of fused-ring (bicyclic) bond motifs is 1. The molecule has 0 saturated carbocycles. The zero-order chi connectivity index (χ0) is 9.42. The van der Waals surface area contributed by atoms with E-state index in [0.29, 0.717) is 16.3 Å². The molecule has 13 heavy (non-hydrogen) atoms. The van der Waals surface area contributed by atoms with E-state index in [1.54, 1.807) is 6.07 Å². The molecule has 0 aliphatic carbocycles. The first-order valence-electron chi connectivity index (χ1n) is 3.59. The molecule has 2 N–H and O–H groups in total. The van der Waals surface area contributed by atoms with Crippen LogP contribution in [0.4, 0.5) is 5.69 Å². The summed E-state index contributed by atoms with van der Waals surface area (Å²) in [5.74, 6) is 0. The molecule has 0 atom stereocenters. The Morgan fingerprint density at radius 1 is 1.54 bits per heavy atom. The average Bonchev–Trinajstić information content (AvgIpc) is 2.60. The van der Waals surface area contributed by atoms with E-state index in [1.165, 1.54) is 11.3 Å². The molecular weight excluding hydrogens is 204 g/mol. The maximum atomic E-state index is 8.83. The number of halogens is 1. The summed E-state index contributed by atoms with van der Waals surface area (Å²) in [4.78, 5) is 0. The molecule has 0 radical (unpaired) electrons. The number of hydrogen-bond donors (Lipinski definition) is 1. The molecule has 1 aromatic carbocycles. The Balaban J connectivity index is 2.97. The van der Waals surface area contributed by atoms with Gasteiger partial charge in [-0.05, 0) is 17.5 Å². The van der Waals surface area contributed by atoms with Crippen LogP contribution in [0.5, 0.6) is 0 Å². The second-order valence-corrected chi connectivity index (χ2v) is 3.92. The molecule has 0 amide bonds. The summed E-state index contributed by atoms with van der Waals surface area (Å²) in [6, 6.07) is 5.58. The third-order valence-electron chi connectivity index (χ3n) is 1.85. The van der Waals surface area contributed by atoms with E-state index in [4.69, 9.17) is 22.6 Å². The van der Waals surface area contributed by atoms with E-state index in [-0.39, 0.29) is 0 Å². The molecule has 4 heteroatoms. The highest BCUT2D eigenvalue weighted by Gasteiger charge is 2.08. The van der Waals surface area contributed by atoms with Crippen molar-refractivity contribution >= 4 is 38.7 Å². The van der Waals surface area contributed by atoms with Crippen LogP contribution in [0, 0.1) is 11.3 Å². The zero-order valence-electron chi connectivity index (χ0n) is 6.54. The Kier molecular flexibility index (Phi) is 1.87. The molecule has 2 nitrogen and oxygen atoms in total. The van der Waals surface area contributed by atoms with E-state index in [1.807, 2.05) is 11.4 Å². The van der Waals surface area contributed by atoms with Gasteiger partial charge in [0.1, 0.15) is 6.07 Å². The van der Waals surface area contributed by atoms with Gasteiger partial charge in [0, 0.05) is 5.39 Å². The van der Waals surface area contributed by atoms with Gasteiger partial charge in [0.25, 0.3) is 0 Å². The van der Waals surface area contributed by atoms with Gasteiger partial charge in [-0.2, -0.15) is 5.26 Å². The summed E-state index contributed by atoms with van der Waals surface area (Å²) in [6.45, 7) is 0. The molecule has 0 unspecified atom stereocenters. The van der Waals surface area contributed by atoms with Crippen LogP contribution >= 0.6 is 22.9 Å². The Morgan fingerprint density at radius 3 is 3.00 bits per heavy atom. The molecule has 0 bridgehead atoms. The van der Waals surface area contributed by atoms with Crippen molar-refractivity contribution in [2.45, 2.75) is 0 Å². The van der Waals surface area contributed by atoms with Crippen molar-refractivity contribution in [2.75, 3.05) is 5.73 Å². The number of nitrogen functional groups attached to an aromatic ring is 1. The van der Waals surface area contributed by atoms with Gasteiger partial charge in [0.15, 0.2) is 0 Å². The summed E-state index contributed by atoms with van der Waals surface area (Å²) >= 11 is 7.36. The lowest BCUT2D eigenvalue weighted by molar-refractivity contribution is 1.51. The Bertz CT molecular complexity index is 510. The van der Waals surface area contributed by atoms with Gasteiger partial charge in [-0.1, -0.05) is 11.6 Å². The van der Waals surface area contributed by atoms with E-state index in [9.17, 15) is 0 Å². The van der Waals surface area contributed by atoms with Crippen molar-refractivity contribution in [3.8, 4) is 6.07 Å².